The predicted molar refractivity (Wildman–Crippen MR) is 119 cm³/mol. The van der Waals surface area contributed by atoms with Crippen LogP contribution < -0.4 is 0 Å². The third-order valence-corrected chi connectivity index (χ3v) is 4.39. The van der Waals surface area contributed by atoms with Crippen molar-refractivity contribution in [3.05, 3.63) is 95.6 Å². The molecule has 0 aromatic heterocycles. The molecule has 0 saturated heterocycles. The minimum Gasteiger partial charge on any atom is -0.364 e. The molecular weight excluding hydrogens is 328 g/mol. The first kappa shape index (κ1) is 22.7. The molecule has 0 aliphatic heterocycles. The van der Waals surface area contributed by atoms with Gasteiger partial charge in [-0.1, -0.05) is 120 Å². The van der Waals surface area contributed by atoms with Crippen molar-refractivity contribution in [2.75, 3.05) is 7.11 Å². The third-order valence-electron chi connectivity index (χ3n) is 4.39. The van der Waals surface area contributed by atoms with Crippen molar-refractivity contribution in [3.8, 4) is 11.1 Å². The first-order chi connectivity index (χ1) is 13.4. The van der Waals surface area contributed by atoms with Gasteiger partial charge in [-0.05, 0) is 16.7 Å². The van der Waals surface area contributed by atoms with Crippen molar-refractivity contribution >= 4 is 0 Å². The fourth-order valence-corrected chi connectivity index (χ4v) is 3.52. The summed E-state index contributed by atoms with van der Waals surface area (Å²) in [5.41, 5.74) is 5.64. The van der Waals surface area contributed by atoms with Crippen molar-refractivity contribution in [3.63, 3.8) is 0 Å². The van der Waals surface area contributed by atoms with Gasteiger partial charge in [0.2, 0.25) is 0 Å². The van der Waals surface area contributed by atoms with Crippen LogP contribution in [0.5, 0.6) is 0 Å². The molecule has 1 nitrogen and oxygen atoms in total. The summed E-state index contributed by atoms with van der Waals surface area (Å²) in [6, 6.07) is 27.5. The van der Waals surface area contributed by atoms with E-state index in [0.29, 0.717) is 0 Å². The standard InChI is InChI=1S/C20H16O.3C2H6/c1-21-20(15-9-3-2-4-10-15)18-13-7-5-11-16(18)17-12-6-8-14-19(17)20;3*1-2/h2-14H,1H3;3*1-2H3. The summed E-state index contributed by atoms with van der Waals surface area (Å²) in [6.07, 6.45) is 0. The van der Waals surface area contributed by atoms with Crippen LogP contribution in [0.4, 0.5) is 0 Å². The zero-order valence-corrected chi connectivity index (χ0v) is 17.9. The Morgan fingerprint density at radius 2 is 0.889 bits per heavy atom. The van der Waals surface area contributed by atoms with Gasteiger partial charge < -0.3 is 4.74 Å². The second kappa shape index (κ2) is 11.4. The van der Waals surface area contributed by atoms with Crippen LogP contribution in [0.1, 0.15) is 58.2 Å². The smallest absolute Gasteiger partial charge is 0.144 e. The molecule has 0 N–H and O–H groups in total. The summed E-state index contributed by atoms with van der Waals surface area (Å²) < 4.78 is 6.14. The largest absolute Gasteiger partial charge is 0.364 e. The molecule has 0 spiro atoms. The van der Waals surface area contributed by atoms with Crippen LogP contribution in [0.3, 0.4) is 0 Å². The number of hydrogen-bond acceptors (Lipinski definition) is 1. The lowest BCUT2D eigenvalue weighted by molar-refractivity contribution is 0.0624. The molecule has 0 fully saturated rings. The van der Waals surface area contributed by atoms with Gasteiger partial charge in [-0.25, -0.2) is 0 Å². The molecule has 3 aromatic rings. The van der Waals surface area contributed by atoms with E-state index in [1.54, 1.807) is 7.11 Å². The molecule has 27 heavy (non-hydrogen) atoms. The summed E-state index contributed by atoms with van der Waals surface area (Å²) in [4.78, 5) is 0. The molecule has 144 valence electrons. The second-order valence-electron chi connectivity index (χ2n) is 5.34. The van der Waals surface area contributed by atoms with Crippen molar-refractivity contribution < 1.29 is 4.74 Å². The van der Waals surface area contributed by atoms with Crippen LogP contribution in [-0.2, 0) is 10.3 Å². The van der Waals surface area contributed by atoms with E-state index in [-0.39, 0.29) is 0 Å². The number of methoxy groups -OCH3 is 1. The van der Waals surface area contributed by atoms with Gasteiger partial charge >= 0.3 is 0 Å². The topological polar surface area (TPSA) is 9.23 Å². The van der Waals surface area contributed by atoms with E-state index >= 15 is 0 Å². The van der Waals surface area contributed by atoms with Crippen molar-refractivity contribution in [2.24, 2.45) is 0 Å². The molecule has 0 atom stereocenters. The Hall–Kier alpha value is -2.38. The fraction of sp³-hybridized carbons (Fsp3) is 0.308. The van der Waals surface area contributed by atoms with Gasteiger partial charge in [0.25, 0.3) is 0 Å². The van der Waals surface area contributed by atoms with Crippen LogP contribution in [-0.4, -0.2) is 7.11 Å². The van der Waals surface area contributed by atoms with Crippen molar-refractivity contribution in [1.29, 1.82) is 0 Å². The molecule has 0 unspecified atom stereocenters. The van der Waals surface area contributed by atoms with Gasteiger partial charge in [0, 0.05) is 18.2 Å². The highest BCUT2D eigenvalue weighted by Gasteiger charge is 2.44. The summed E-state index contributed by atoms with van der Waals surface area (Å²) in [7, 11) is 1.80. The molecule has 0 heterocycles. The van der Waals surface area contributed by atoms with Crippen molar-refractivity contribution in [2.45, 2.75) is 47.1 Å². The Labute approximate surface area is 166 Å². The average Bonchev–Trinajstić information content (AvgIpc) is 3.09. The van der Waals surface area contributed by atoms with Crippen LogP contribution >= 0.6 is 0 Å². The van der Waals surface area contributed by atoms with Crippen LogP contribution in [0.25, 0.3) is 11.1 Å². The van der Waals surface area contributed by atoms with E-state index in [2.05, 4.69) is 72.8 Å². The van der Waals surface area contributed by atoms with Crippen LogP contribution in [0.2, 0.25) is 0 Å². The Kier molecular flexibility index (Phi) is 9.53. The van der Waals surface area contributed by atoms with Gasteiger partial charge in [0.1, 0.15) is 5.60 Å². The first-order valence-electron chi connectivity index (χ1n) is 10.2. The highest BCUT2D eigenvalue weighted by atomic mass is 16.5. The molecule has 0 radical (unpaired) electrons. The fourth-order valence-electron chi connectivity index (χ4n) is 3.52. The van der Waals surface area contributed by atoms with E-state index in [4.69, 9.17) is 4.74 Å². The lowest BCUT2D eigenvalue weighted by Crippen LogP contribution is -2.29. The minimum atomic E-state index is -0.506. The molecule has 1 heteroatoms. The van der Waals surface area contributed by atoms with Gasteiger partial charge in [-0.3, -0.25) is 0 Å². The van der Waals surface area contributed by atoms with Gasteiger partial charge in [0.15, 0.2) is 0 Å². The number of fused-ring (bicyclic) bond motifs is 3. The number of benzene rings is 3. The lowest BCUT2D eigenvalue weighted by Gasteiger charge is -2.31. The molecule has 0 amide bonds. The Morgan fingerprint density at radius 3 is 1.30 bits per heavy atom. The number of rotatable bonds is 2. The molecule has 4 rings (SSSR count). The quantitative estimate of drug-likeness (QED) is 0.454. The van der Waals surface area contributed by atoms with E-state index in [9.17, 15) is 0 Å². The molecule has 0 bridgehead atoms. The summed E-state index contributed by atoms with van der Waals surface area (Å²) in [5.74, 6) is 0. The SMILES string of the molecule is CC.CC.CC.COC1(c2ccccc2)c2ccccc2-c2ccccc21. The first-order valence-corrected chi connectivity index (χ1v) is 10.2. The summed E-state index contributed by atoms with van der Waals surface area (Å²) in [5, 5.41) is 0. The van der Waals surface area contributed by atoms with Gasteiger partial charge in [0.05, 0.1) is 0 Å². The highest BCUT2D eigenvalue weighted by Crippen LogP contribution is 2.52. The van der Waals surface area contributed by atoms with Crippen LogP contribution in [0.15, 0.2) is 78.9 Å². The Bertz CT molecular complexity index is 745. The lowest BCUT2D eigenvalue weighted by atomic mass is 9.84. The molecule has 3 aromatic carbocycles. The monoisotopic (exact) mass is 362 g/mol. The summed E-state index contributed by atoms with van der Waals surface area (Å²) >= 11 is 0. The summed E-state index contributed by atoms with van der Waals surface area (Å²) in [6.45, 7) is 12.0. The van der Waals surface area contributed by atoms with Crippen molar-refractivity contribution in [1.82, 2.24) is 0 Å². The Balaban J connectivity index is 0.000000556. The molecule has 1 aliphatic rings. The van der Waals surface area contributed by atoms with Gasteiger partial charge in [-0.15, -0.1) is 0 Å². The molecular formula is C26H34O. The van der Waals surface area contributed by atoms with E-state index in [0.717, 1.165) is 0 Å². The maximum atomic E-state index is 6.14. The normalized spacial score (nSPS) is 12.0. The van der Waals surface area contributed by atoms with E-state index < -0.39 is 5.60 Å². The van der Waals surface area contributed by atoms with E-state index in [1.165, 1.54) is 27.8 Å². The van der Waals surface area contributed by atoms with E-state index in [1.807, 2.05) is 47.6 Å². The van der Waals surface area contributed by atoms with Crippen LogP contribution in [0, 0.1) is 0 Å². The highest BCUT2D eigenvalue weighted by molar-refractivity contribution is 5.82. The van der Waals surface area contributed by atoms with Gasteiger partial charge in [-0.2, -0.15) is 0 Å². The second-order valence-corrected chi connectivity index (χ2v) is 5.34. The Morgan fingerprint density at radius 1 is 0.519 bits per heavy atom. The minimum absolute atomic E-state index is 0.506. The molecule has 0 saturated carbocycles. The average molecular weight is 363 g/mol. The molecule has 1 aliphatic carbocycles. The zero-order valence-electron chi connectivity index (χ0n) is 17.9. The maximum Gasteiger partial charge on any atom is 0.144 e. The third kappa shape index (κ3) is 3.99. The zero-order chi connectivity index (χ0) is 20.3. The number of ether oxygens (including phenoxy) is 1. The number of hydrogen-bond donors (Lipinski definition) is 0. The predicted octanol–water partition coefficient (Wildman–Crippen LogP) is 7.68. The maximum absolute atomic E-state index is 6.14.